The number of nitrogens with zero attached hydrogens (tertiary/aromatic N) is 2. The molecule has 4 nitrogen and oxygen atoms in total. The van der Waals surface area contributed by atoms with E-state index in [1.54, 1.807) is 7.11 Å². The van der Waals surface area contributed by atoms with Crippen LogP contribution in [0.3, 0.4) is 0 Å². The second-order valence-corrected chi connectivity index (χ2v) is 7.00. The van der Waals surface area contributed by atoms with Gasteiger partial charge in [-0.05, 0) is 38.9 Å². The average Bonchev–Trinajstić information content (AvgIpc) is 3.23. The summed E-state index contributed by atoms with van der Waals surface area (Å²) >= 11 is 0. The van der Waals surface area contributed by atoms with Crippen LogP contribution in [0.25, 0.3) is 0 Å². The zero-order valence-electron chi connectivity index (χ0n) is 14.0. The lowest BCUT2D eigenvalue weighted by Crippen LogP contribution is -2.40. The van der Waals surface area contributed by atoms with Gasteiger partial charge in [-0.25, -0.2) is 0 Å². The third-order valence-corrected chi connectivity index (χ3v) is 5.31. The second-order valence-electron chi connectivity index (χ2n) is 7.00. The Morgan fingerprint density at radius 1 is 1.27 bits per heavy atom. The number of methoxy groups -OCH3 is 1. The minimum absolute atomic E-state index is 0.285. The number of likely N-dealkylation sites (N-methyl/N-ethyl adjacent to an activating group) is 1. The van der Waals surface area contributed by atoms with Crippen molar-refractivity contribution < 1.29 is 9.53 Å². The molecule has 0 unspecified atom stereocenters. The summed E-state index contributed by atoms with van der Waals surface area (Å²) in [5.41, 5.74) is 0.719. The molecule has 0 radical (unpaired) electrons. The third kappa shape index (κ3) is 2.39. The number of para-hydroxylation sites is 1. The number of rotatable bonds is 4. The highest BCUT2D eigenvalue weighted by Gasteiger charge is 2.55. The summed E-state index contributed by atoms with van der Waals surface area (Å²) in [6, 6.07) is 8.42. The summed E-state index contributed by atoms with van der Waals surface area (Å²) in [4.78, 5) is 17.5. The first-order valence-corrected chi connectivity index (χ1v) is 8.09. The Bertz CT molecular complexity index is 566. The minimum atomic E-state index is -0.340. The number of benzene rings is 1. The van der Waals surface area contributed by atoms with Crippen molar-refractivity contribution in [2.75, 3.05) is 34.3 Å². The molecule has 2 atom stereocenters. The molecule has 1 aromatic carbocycles. The SMILES string of the molecule is COc1ccccc1C1(C(=O)N2C[C@@H](N(C)C)[C@@H](C)C2)CC1. The molecule has 1 saturated heterocycles. The van der Waals surface area contributed by atoms with Crippen molar-refractivity contribution >= 4 is 5.91 Å². The molecule has 4 heteroatoms. The van der Waals surface area contributed by atoms with Gasteiger partial charge in [0.25, 0.3) is 0 Å². The number of hydrogen-bond acceptors (Lipinski definition) is 3. The summed E-state index contributed by atoms with van der Waals surface area (Å²) in [6.45, 7) is 3.93. The average molecular weight is 302 g/mol. The van der Waals surface area contributed by atoms with Crippen molar-refractivity contribution in [2.45, 2.75) is 31.2 Å². The number of hydrogen-bond donors (Lipinski definition) is 0. The van der Waals surface area contributed by atoms with Crippen LogP contribution in [0.5, 0.6) is 5.75 Å². The number of carbonyl (C=O) groups excluding carboxylic acids is 1. The van der Waals surface area contributed by atoms with E-state index in [-0.39, 0.29) is 11.3 Å². The molecule has 0 aromatic heterocycles. The summed E-state index contributed by atoms with van der Waals surface area (Å²) in [6.07, 6.45) is 1.87. The molecule has 1 saturated carbocycles. The van der Waals surface area contributed by atoms with E-state index in [4.69, 9.17) is 4.74 Å². The van der Waals surface area contributed by atoms with Crippen molar-refractivity contribution in [3.63, 3.8) is 0 Å². The quantitative estimate of drug-likeness (QED) is 0.854. The molecular formula is C18H26N2O2. The van der Waals surface area contributed by atoms with Crippen LogP contribution in [-0.4, -0.2) is 56.0 Å². The topological polar surface area (TPSA) is 32.8 Å². The third-order valence-electron chi connectivity index (χ3n) is 5.31. The van der Waals surface area contributed by atoms with Gasteiger partial charge < -0.3 is 14.5 Å². The maximum Gasteiger partial charge on any atom is 0.233 e. The van der Waals surface area contributed by atoms with Crippen molar-refractivity contribution in [2.24, 2.45) is 5.92 Å². The molecule has 1 amide bonds. The Hall–Kier alpha value is -1.55. The highest BCUT2D eigenvalue weighted by Crippen LogP contribution is 2.53. The summed E-state index contributed by atoms with van der Waals surface area (Å²) in [5, 5.41) is 0. The summed E-state index contributed by atoms with van der Waals surface area (Å²) in [7, 11) is 5.88. The molecule has 1 aliphatic heterocycles. The van der Waals surface area contributed by atoms with Crippen molar-refractivity contribution in [1.29, 1.82) is 0 Å². The van der Waals surface area contributed by atoms with Gasteiger partial charge in [0.05, 0.1) is 12.5 Å². The maximum absolute atomic E-state index is 13.2. The van der Waals surface area contributed by atoms with Gasteiger partial charge in [-0.15, -0.1) is 0 Å². The van der Waals surface area contributed by atoms with Crippen LogP contribution in [0.4, 0.5) is 0 Å². The van der Waals surface area contributed by atoms with Gasteiger partial charge in [-0.2, -0.15) is 0 Å². The molecule has 3 rings (SSSR count). The van der Waals surface area contributed by atoms with E-state index in [0.29, 0.717) is 12.0 Å². The van der Waals surface area contributed by atoms with Crippen LogP contribution >= 0.6 is 0 Å². The summed E-state index contributed by atoms with van der Waals surface area (Å²) < 4.78 is 5.49. The van der Waals surface area contributed by atoms with E-state index in [9.17, 15) is 4.79 Å². The Morgan fingerprint density at radius 3 is 2.50 bits per heavy atom. The molecule has 22 heavy (non-hydrogen) atoms. The zero-order valence-corrected chi connectivity index (χ0v) is 14.0. The molecule has 2 fully saturated rings. The van der Waals surface area contributed by atoms with Gasteiger partial charge in [0.15, 0.2) is 0 Å². The molecule has 0 N–H and O–H groups in total. The lowest BCUT2D eigenvalue weighted by molar-refractivity contribution is -0.133. The van der Waals surface area contributed by atoms with Crippen LogP contribution in [0.1, 0.15) is 25.3 Å². The smallest absolute Gasteiger partial charge is 0.233 e. The van der Waals surface area contributed by atoms with E-state index in [1.165, 1.54) is 0 Å². The summed E-state index contributed by atoms with van der Waals surface area (Å²) in [5.74, 6) is 1.64. The Kier molecular flexibility index (Phi) is 3.89. The standard InChI is InChI=1S/C18H26N2O2/c1-13-11-20(12-15(13)19(2)3)17(21)18(9-10-18)14-7-5-6-8-16(14)22-4/h5-8,13,15H,9-12H2,1-4H3/t13-,15+/m0/s1. The number of amides is 1. The monoisotopic (exact) mass is 302 g/mol. The van der Waals surface area contributed by atoms with Gasteiger partial charge in [0, 0.05) is 24.7 Å². The molecule has 1 aromatic rings. The highest BCUT2D eigenvalue weighted by atomic mass is 16.5. The van der Waals surface area contributed by atoms with E-state index >= 15 is 0 Å². The fourth-order valence-corrected chi connectivity index (χ4v) is 3.85. The first kappa shape index (κ1) is 15.3. The highest BCUT2D eigenvalue weighted by molar-refractivity contribution is 5.92. The maximum atomic E-state index is 13.2. The molecule has 0 spiro atoms. The van der Waals surface area contributed by atoms with Gasteiger partial charge in [0.1, 0.15) is 5.75 Å². The largest absolute Gasteiger partial charge is 0.496 e. The van der Waals surface area contributed by atoms with Crippen LogP contribution in [0, 0.1) is 5.92 Å². The Labute approximate surface area is 133 Å². The van der Waals surface area contributed by atoms with Crippen molar-refractivity contribution in [3.8, 4) is 5.75 Å². The van der Waals surface area contributed by atoms with Crippen LogP contribution in [0.15, 0.2) is 24.3 Å². The number of likely N-dealkylation sites (tertiary alicyclic amines) is 1. The fourth-order valence-electron chi connectivity index (χ4n) is 3.85. The van der Waals surface area contributed by atoms with Crippen molar-refractivity contribution in [1.82, 2.24) is 9.80 Å². The second kappa shape index (κ2) is 5.58. The normalized spacial score (nSPS) is 26.3. The molecular weight excluding hydrogens is 276 g/mol. The van der Waals surface area contributed by atoms with Crippen LogP contribution in [0.2, 0.25) is 0 Å². The van der Waals surface area contributed by atoms with E-state index in [2.05, 4.69) is 30.8 Å². The first-order chi connectivity index (χ1) is 10.5. The Balaban J connectivity index is 1.83. The predicted molar refractivity (Wildman–Crippen MR) is 87.1 cm³/mol. The molecule has 2 aliphatic rings. The van der Waals surface area contributed by atoms with E-state index < -0.39 is 0 Å². The van der Waals surface area contributed by atoms with Gasteiger partial charge in [-0.3, -0.25) is 4.79 Å². The van der Waals surface area contributed by atoms with E-state index in [0.717, 1.165) is 37.2 Å². The molecule has 0 bridgehead atoms. The number of ether oxygens (including phenoxy) is 1. The lowest BCUT2D eigenvalue weighted by Gasteiger charge is -2.26. The zero-order chi connectivity index (χ0) is 15.9. The predicted octanol–water partition coefficient (Wildman–Crippen LogP) is 2.14. The van der Waals surface area contributed by atoms with E-state index in [1.807, 2.05) is 24.3 Å². The van der Waals surface area contributed by atoms with Crippen LogP contribution < -0.4 is 4.74 Å². The van der Waals surface area contributed by atoms with Gasteiger partial charge in [-0.1, -0.05) is 25.1 Å². The van der Waals surface area contributed by atoms with Crippen molar-refractivity contribution in [3.05, 3.63) is 29.8 Å². The lowest BCUT2D eigenvalue weighted by atomic mass is 9.93. The minimum Gasteiger partial charge on any atom is -0.496 e. The van der Waals surface area contributed by atoms with Gasteiger partial charge in [0.2, 0.25) is 5.91 Å². The fraction of sp³-hybridized carbons (Fsp3) is 0.611. The van der Waals surface area contributed by atoms with Crippen LogP contribution in [-0.2, 0) is 10.2 Å². The molecule has 1 heterocycles. The first-order valence-electron chi connectivity index (χ1n) is 8.09. The number of carbonyl (C=O) groups is 1. The van der Waals surface area contributed by atoms with Gasteiger partial charge >= 0.3 is 0 Å². The Morgan fingerprint density at radius 2 is 1.95 bits per heavy atom. The molecule has 1 aliphatic carbocycles. The molecule has 120 valence electrons.